The van der Waals surface area contributed by atoms with Gasteiger partial charge in [-0.15, -0.1) is 0 Å². The molecule has 0 bridgehead atoms. The lowest BCUT2D eigenvalue weighted by Gasteiger charge is -2.28. The number of rotatable bonds is 6. The highest BCUT2D eigenvalue weighted by atomic mass is 16.7. The number of benzene rings is 1. The number of aliphatic hydroxyl groups is 1. The summed E-state index contributed by atoms with van der Waals surface area (Å²) in [6, 6.07) is 3.80. The quantitative estimate of drug-likeness (QED) is 0.563. The van der Waals surface area contributed by atoms with Crippen LogP contribution in [0.4, 0.5) is 0 Å². The molecule has 0 radical (unpaired) electrons. The average Bonchev–Trinajstić information content (AvgIpc) is 2.84. The molecule has 2 unspecified atom stereocenters. The molecule has 1 aromatic carbocycles. The Balaban J connectivity index is 2.51. The predicted molar refractivity (Wildman–Crippen MR) is 67.8 cm³/mol. The first-order valence-electron chi connectivity index (χ1n) is 6.05. The standard InChI is InChI=1S/C13H12O9/c14-9(15)4-13(20,12(18)19)10(11(16)17)6-1-2-7-8(3-6)22-5-21-7/h1-3,10,20H,4-5H2,(H,14,15)(H,16,17)(H,18,19). The van der Waals surface area contributed by atoms with Crippen molar-refractivity contribution < 1.29 is 44.3 Å². The lowest BCUT2D eigenvalue weighted by atomic mass is 9.79. The first-order chi connectivity index (χ1) is 10.3. The molecule has 0 saturated heterocycles. The Labute approximate surface area is 123 Å². The van der Waals surface area contributed by atoms with Crippen molar-refractivity contribution in [3.05, 3.63) is 23.8 Å². The molecule has 0 spiro atoms. The molecule has 1 heterocycles. The minimum atomic E-state index is -3.01. The van der Waals surface area contributed by atoms with E-state index in [1.54, 1.807) is 0 Å². The monoisotopic (exact) mass is 312 g/mol. The summed E-state index contributed by atoms with van der Waals surface area (Å²) in [5, 5.41) is 37.3. The minimum Gasteiger partial charge on any atom is -0.481 e. The van der Waals surface area contributed by atoms with Crippen molar-refractivity contribution in [3.8, 4) is 11.5 Å². The van der Waals surface area contributed by atoms with Gasteiger partial charge in [-0.05, 0) is 17.7 Å². The maximum atomic E-state index is 11.4. The highest BCUT2D eigenvalue weighted by Gasteiger charge is 2.51. The van der Waals surface area contributed by atoms with Gasteiger partial charge >= 0.3 is 17.9 Å². The van der Waals surface area contributed by atoms with Crippen LogP contribution < -0.4 is 9.47 Å². The van der Waals surface area contributed by atoms with Gasteiger partial charge in [0.15, 0.2) is 17.1 Å². The third-order valence-electron chi connectivity index (χ3n) is 3.25. The maximum absolute atomic E-state index is 11.4. The molecule has 22 heavy (non-hydrogen) atoms. The van der Waals surface area contributed by atoms with Crippen molar-refractivity contribution in [1.82, 2.24) is 0 Å². The van der Waals surface area contributed by atoms with E-state index < -0.39 is 35.8 Å². The van der Waals surface area contributed by atoms with Crippen molar-refractivity contribution in [1.29, 1.82) is 0 Å². The number of carboxylic acid groups (broad SMARTS) is 3. The summed E-state index contributed by atoms with van der Waals surface area (Å²) < 4.78 is 10.1. The summed E-state index contributed by atoms with van der Waals surface area (Å²) in [5.41, 5.74) is -3.12. The number of carbonyl (C=O) groups is 3. The molecule has 0 saturated carbocycles. The molecule has 9 nitrogen and oxygen atoms in total. The Kier molecular flexibility index (Phi) is 3.91. The van der Waals surface area contributed by atoms with Gasteiger partial charge in [0.1, 0.15) is 5.92 Å². The van der Waals surface area contributed by atoms with Crippen LogP contribution in [-0.2, 0) is 14.4 Å². The molecule has 0 amide bonds. The van der Waals surface area contributed by atoms with E-state index in [2.05, 4.69) is 0 Å². The molecule has 0 aliphatic carbocycles. The van der Waals surface area contributed by atoms with Crippen LogP contribution in [0.2, 0.25) is 0 Å². The number of aliphatic carboxylic acids is 3. The highest BCUT2D eigenvalue weighted by molar-refractivity contribution is 5.92. The summed E-state index contributed by atoms with van der Waals surface area (Å²) in [5.74, 6) is -6.73. The van der Waals surface area contributed by atoms with Crippen molar-refractivity contribution in [3.63, 3.8) is 0 Å². The average molecular weight is 312 g/mol. The molecule has 2 atom stereocenters. The fourth-order valence-corrected chi connectivity index (χ4v) is 2.25. The zero-order valence-corrected chi connectivity index (χ0v) is 11.1. The van der Waals surface area contributed by atoms with Crippen LogP contribution in [-0.4, -0.2) is 50.7 Å². The second kappa shape index (κ2) is 5.53. The van der Waals surface area contributed by atoms with E-state index in [4.69, 9.17) is 19.7 Å². The molecule has 0 fully saturated rings. The van der Waals surface area contributed by atoms with Gasteiger partial charge < -0.3 is 29.9 Å². The van der Waals surface area contributed by atoms with Crippen LogP contribution in [0.3, 0.4) is 0 Å². The van der Waals surface area contributed by atoms with Gasteiger partial charge in [-0.1, -0.05) is 6.07 Å². The molecule has 118 valence electrons. The van der Waals surface area contributed by atoms with E-state index >= 15 is 0 Å². The minimum absolute atomic E-state index is 0.0746. The number of fused-ring (bicyclic) bond motifs is 1. The number of hydrogen-bond acceptors (Lipinski definition) is 6. The lowest BCUT2D eigenvalue weighted by molar-refractivity contribution is -0.173. The molecule has 1 aliphatic heterocycles. The first kappa shape index (κ1) is 15.6. The maximum Gasteiger partial charge on any atom is 0.337 e. The van der Waals surface area contributed by atoms with Gasteiger partial charge in [-0.3, -0.25) is 9.59 Å². The van der Waals surface area contributed by atoms with Crippen LogP contribution in [0.5, 0.6) is 11.5 Å². The Hall–Kier alpha value is -2.81. The van der Waals surface area contributed by atoms with Crippen molar-refractivity contribution in [2.75, 3.05) is 6.79 Å². The lowest BCUT2D eigenvalue weighted by Crippen LogP contribution is -2.49. The van der Waals surface area contributed by atoms with Gasteiger partial charge in [0.05, 0.1) is 6.42 Å². The Morgan fingerprint density at radius 2 is 1.77 bits per heavy atom. The predicted octanol–water partition coefficient (Wildman–Crippen LogP) is -0.126. The highest BCUT2D eigenvalue weighted by Crippen LogP contribution is 2.39. The van der Waals surface area contributed by atoms with Crippen LogP contribution in [0.15, 0.2) is 18.2 Å². The molecular formula is C13H12O9. The largest absolute Gasteiger partial charge is 0.481 e. The van der Waals surface area contributed by atoms with E-state index in [9.17, 15) is 24.6 Å². The van der Waals surface area contributed by atoms with Crippen LogP contribution in [0.1, 0.15) is 17.9 Å². The van der Waals surface area contributed by atoms with Gasteiger partial charge in [-0.25, -0.2) is 4.79 Å². The van der Waals surface area contributed by atoms with Gasteiger partial charge in [0.2, 0.25) is 6.79 Å². The van der Waals surface area contributed by atoms with Gasteiger partial charge in [0, 0.05) is 0 Å². The summed E-state index contributed by atoms with van der Waals surface area (Å²) in [6.45, 7) is -0.0746. The van der Waals surface area contributed by atoms with Gasteiger partial charge in [0.25, 0.3) is 0 Å². The number of carboxylic acids is 3. The van der Waals surface area contributed by atoms with E-state index in [0.29, 0.717) is 5.75 Å². The van der Waals surface area contributed by atoms with Crippen LogP contribution >= 0.6 is 0 Å². The summed E-state index contributed by atoms with van der Waals surface area (Å²) in [7, 11) is 0. The van der Waals surface area contributed by atoms with E-state index in [1.165, 1.54) is 18.2 Å². The Bertz CT molecular complexity index is 638. The number of ether oxygens (including phenoxy) is 2. The molecular weight excluding hydrogens is 300 g/mol. The topological polar surface area (TPSA) is 151 Å². The third-order valence-corrected chi connectivity index (χ3v) is 3.25. The summed E-state index contributed by atoms with van der Waals surface area (Å²) in [6.07, 6.45) is -1.27. The summed E-state index contributed by atoms with van der Waals surface area (Å²) >= 11 is 0. The second-order valence-corrected chi connectivity index (χ2v) is 4.68. The van der Waals surface area contributed by atoms with Gasteiger partial charge in [-0.2, -0.15) is 0 Å². The first-order valence-corrected chi connectivity index (χ1v) is 6.05. The second-order valence-electron chi connectivity index (χ2n) is 4.68. The normalized spacial score (nSPS) is 16.6. The molecule has 0 aromatic heterocycles. The third kappa shape index (κ3) is 2.66. The van der Waals surface area contributed by atoms with E-state index in [1.807, 2.05) is 0 Å². The Morgan fingerprint density at radius 1 is 1.14 bits per heavy atom. The Morgan fingerprint density at radius 3 is 2.32 bits per heavy atom. The molecule has 9 heteroatoms. The van der Waals surface area contributed by atoms with E-state index in [-0.39, 0.29) is 18.1 Å². The fourth-order valence-electron chi connectivity index (χ4n) is 2.25. The SMILES string of the molecule is O=C(O)CC(O)(C(=O)O)C(C(=O)O)c1ccc2c(c1)OCO2. The molecule has 2 rings (SSSR count). The fraction of sp³-hybridized carbons (Fsp3) is 0.308. The van der Waals surface area contributed by atoms with Crippen molar-refractivity contribution in [2.45, 2.75) is 17.9 Å². The van der Waals surface area contributed by atoms with Crippen LogP contribution in [0, 0.1) is 0 Å². The van der Waals surface area contributed by atoms with Crippen molar-refractivity contribution in [2.24, 2.45) is 0 Å². The molecule has 4 N–H and O–H groups in total. The molecule has 1 aliphatic rings. The zero-order valence-electron chi connectivity index (χ0n) is 11.1. The smallest absolute Gasteiger partial charge is 0.337 e. The number of hydrogen-bond donors (Lipinski definition) is 4. The zero-order chi connectivity index (χ0) is 16.5. The van der Waals surface area contributed by atoms with E-state index in [0.717, 1.165) is 0 Å². The van der Waals surface area contributed by atoms with Crippen molar-refractivity contribution >= 4 is 17.9 Å². The summed E-state index contributed by atoms with van der Waals surface area (Å²) in [4.78, 5) is 33.5. The molecule has 1 aromatic rings. The van der Waals surface area contributed by atoms with Crippen LogP contribution in [0.25, 0.3) is 0 Å².